The lowest BCUT2D eigenvalue weighted by molar-refractivity contribution is -0.869. The van der Waals surface area contributed by atoms with E-state index < -0.39 is 33.6 Å². The molecule has 306 valence electrons. The number of aromatic nitrogens is 4. The van der Waals surface area contributed by atoms with Gasteiger partial charge in [0.2, 0.25) is 5.91 Å². The van der Waals surface area contributed by atoms with Gasteiger partial charge in [-0.1, -0.05) is 24.3 Å². The molecule has 1 aliphatic rings. The van der Waals surface area contributed by atoms with Crippen LogP contribution in [0, 0.1) is 24.2 Å². The molecular formula is C40H43F3N8O6S. The van der Waals surface area contributed by atoms with E-state index in [9.17, 15) is 45.8 Å². The second-order valence-corrected chi connectivity index (χ2v) is 16.2. The van der Waals surface area contributed by atoms with E-state index in [0.29, 0.717) is 49.2 Å². The SMILES string of the molecule is Cc1c(-c2ccnn2-c2ccc(C#N)cc2)n(C(=O)N[C@H]2CC[C@H](C(=O)NCC[N+](C)(C)C)CC2)c(=O)n1-c1cccc(C(F)(F)F)c1.O=S(=O)([O-])c1ccccc1. The van der Waals surface area contributed by atoms with E-state index in [-0.39, 0.29) is 39.8 Å². The van der Waals surface area contributed by atoms with Gasteiger partial charge in [0.1, 0.15) is 15.8 Å². The van der Waals surface area contributed by atoms with Gasteiger partial charge in [0.25, 0.3) is 0 Å². The molecular weight excluding hydrogens is 778 g/mol. The highest BCUT2D eigenvalue weighted by Crippen LogP contribution is 2.32. The Labute approximate surface area is 333 Å². The molecule has 1 fully saturated rings. The molecule has 1 aliphatic carbocycles. The van der Waals surface area contributed by atoms with E-state index in [1.54, 1.807) is 43.3 Å². The van der Waals surface area contributed by atoms with Crippen LogP contribution in [-0.2, 0) is 21.1 Å². The van der Waals surface area contributed by atoms with Crippen molar-refractivity contribution >= 4 is 22.1 Å². The summed E-state index contributed by atoms with van der Waals surface area (Å²) in [7, 11) is 1.89. The maximum Gasteiger partial charge on any atom is 0.416 e. The van der Waals surface area contributed by atoms with Crippen LogP contribution in [0.1, 0.15) is 42.5 Å². The van der Waals surface area contributed by atoms with Crippen molar-refractivity contribution in [1.82, 2.24) is 29.5 Å². The highest BCUT2D eigenvalue weighted by Gasteiger charge is 2.33. The Bertz CT molecular complexity index is 2460. The molecule has 2 aromatic heterocycles. The lowest BCUT2D eigenvalue weighted by atomic mass is 9.85. The van der Waals surface area contributed by atoms with E-state index in [4.69, 9.17) is 0 Å². The van der Waals surface area contributed by atoms with Gasteiger partial charge < -0.3 is 19.7 Å². The third kappa shape index (κ3) is 10.5. The summed E-state index contributed by atoms with van der Waals surface area (Å²) in [4.78, 5) is 40.6. The molecule has 14 nitrogen and oxygen atoms in total. The summed E-state index contributed by atoms with van der Waals surface area (Å²) in [6, 6.07) is 20.6. The summed E-state index contributed by atoms with van der Waals surface area (Å²) in [6.45, 7) is 2.91. The van der Waals surface area contributed by atoms with E-state index in [0.717, 1.165) is 32.3 Å². The molecule has 58 heavy (non-hydrogen) atoms. The Kier molecular flexibility index (Phi) is 13.1. The Morgan fingerprint density at radius 3 is 2.17 bits per heavy atom. The summed E-state index contributed by atoms with van der Waals surface area (Å²) < 4.78 is 76.0. The zero-order valence-electron chi connectivity index (χ0n) is 32.2. The number of hydrogen-bond acceptors (Lipinski definition) is 8. The molecule has 0 unspecified atom stereocenters. The molecule has 2 heterocycles. The number of amides is 2. The van der Waals surface area contributed by atoms with Crippen molar-refractivity contribution in [3.05, 3.63) is 118 Å². The average molecular weight is 821 g/mol. The Morgan fingerprint density at radius 2 is 1.60 bits per heavy atom. The van der Waals surface area contributed by atoms with Crippen LogP contribution in [0.4, 0.5) is 18.0 Å². The summed E-state index contributed by atoms with van der Waals surface area (Å²) in [6.07, 6.45) is -1.03. The van der Waals surface area contributed by atoms with Gasteiger partial charge in [-0.25, -0.2) is 27.3 Å². The molecule has 0 atom stereocenters. The first kappa shape index (κ1) is 43.1. The number of imidazole rings is 1. The largest absolute Gasteiger partial charge is 0.744 e. The van der Waals surface area contributed by atoms with Gasteiger partial charge in [-0.2, -0.15) is 23.5 Å². The molecule has 2 N–H and O–H groups in total. The smallest absolute Gasteiger partial charge is 0.416 e. The summed E-state index contributed by atoms with van der Waals surface area (Å²) in [5.74, 6) is -0.202. The second-order valence-electron chi connectivity index (χ2n) is 14.8. The Hall–Kier alpha value is -6.03. The minimum absolute atomic E-state index is 0.0171. The van der Waals surface area contributed by atoms with Crippen molar-refractivity contribution < 1.29 is 40.2 Å². The fraction of sp³-hybridized carbons (Fsp3) is 0.325. The zero-order chi connectivity index (χ0) is 42.4. The molecule has 0 saturated heterocycles. The predicted octanol–water partition coefficient (Wildman–Crippen LogP) is 5.22. The molecule has 6 rings (SSSR count). The second kappa shape index (κ2) is 17.6. The molecule has 0 spiro atoms. The lowest BCUT2D eigenvalue weighted by Crippen LogP contribution is -2.46. The summed E-state index contributed by atoms with van der Waals surface area (Å²) >= 11 is 0. The first-order valence-corrected chi connectivity index (χ1v) is 19.7. The Morgan fingerprint density at radius 1 is 0.948 bits per heavy atom. The van der Waals surface area contributed by atoms with Crippen LogP contribution >= 0.6 is 0 Å². The Balaban J connectivity index is 0.000000559. The van der Waals surface area contributed by atoms with Crippen LogP contribution in [0.5, 0.6) is 0 Å². The average Bonchev–Trinajstić information content (AvgIpc) is 3.76. The van der Waals surface area contributed by atoms with Crippen LogP contribution in [0.25, 0.3) is 22.8 Å². The quantitative estimate of drug-likeness (QED) is 0.150. The number of quaternary nitrogens is 1. The number of nitrogens with one attached hydrogen (secondary N) is 2. The number of nitriles is 1. The lowest BCUT2D eigenvalue weighted by Gasteiger charge is -2.29. The van der Waals surface area contributed by atoms with Crippen molar-refractivity contribution in [3.8, 4) is 28.8 Å². The maximum atomic E-state index is 14.1. The van der Waals surface area contributed by atoms with Crippen molar-refractivity contribution in [2.24, 2.45) is 5.92 Å². The van der Waals surface area contributed by atoms with E-state index in [1.807, 2.05) is 21.1 Å². The third-order valence-electron chi connectivity index (χ3n) is 9.58. The topological polar surface area (TPSA) is 184 Å². The zero-order valence-corrected chi connectivity index (χ0v) is 33.0. The fourth-order valence-corrected chi connectivity index (χ4v) is 7.06. The maximum absolute atomic E-state index is 14.1. The number of halogens is 3. The number of rotatable bonds is 9. The highest BCUT2D eigenvalue weighted by atomic mass is 32.2. The van der Waals surface area contributed by atoms with Gasteiger partial charge in [-0.15, -0.1) is 0 Å². The molecule has 0 radical (unpaired) electrons. The van der Waals surface area contributed by atoms with Crippen molar-refractivity contribution in [1.29, 1.82) is 5.26 Å². The van der Waals surface area contributed by atoms with Gasteiger partial charge in [-0.3, -0.25) is 9.36 Å². The van der Waals surface area contributed by atoms with Crippen molar-refractivity contribution in [3.63, 3.8) is 0 Å². The minimum Gasteiger partial charge on any atom is -0.744 e. The number of carbonyl (C=O) groups is 2. The number of nitrogens with zero attached hydrogens (tertiary/aromatic N) is 6. The number of likely N-dealkylation sites (N-methyl/N-ethyl adjacent to an activating group) is 1. The summed E-state index contributed by atoms with van der Waals surface area (Å²) in [5.41, 5.74) is -0.181. The van der Waals surface area contributed by atoms with Gasteiger partial charge in [-0.05, 0) is 93.3 Å². The molecule has 2 amide bonds. The fourth-order valence-electron chi connectivity index (χ4n) is 6.57. The predicted molar refractivity (Wildman–Crippen MR) is 207 cm³/mol. The summed E-state index contributed by atoms with van der Waals surface area (Å²) in [5, 5.41) is 19.5. The van der Waals surface area contributed by atoms with Crippen molar-refractivity contribution in [2.45, 2.75) is 49.7 Å². The van der Waals surface area contributed by atoms with Gasteiger partial charge in [0.05, 0.1) is 85.3 Å². The van der Waals surface area contributed by atoms with Crippen LogP contribution < -0.4 is 16.3 Å². The molecule has 5 aromatic rings. The molecule has 3 aromatic carbocycles. The van der Waals surface area contributed by atoms with Gasteiger partial charge in [0, 0.05) is 12.0 Å². The van der Waals surface area contributed by atoms with Crippen LogP contribution in [0.15, 0.2) is 101 Å². The minimum atomic E-state index is -4.65. The molecule has 0 bridgehead atoms. The normalized spacial score (nSPS) is 15.8. The monoisotopic (exact) mass is 820 g/mol. The highest BCUT2D eigenvalue weighted by molar-refractivity contribution is 7.85. The molecule has 0 aliphatic heterocycles. The van der Waals surface area contributed by atoms with Gasteiger partial charge in [0.15, 0.2) is 0 Å². The van der Waals surface area contributed by atoms with Crippen LogP contribution in [0.2, 0.25) is 0 Å². The first-order chi connectivity index (χ1) is 27.3. The first-order valence-electron chi connectivity index (χ1n) is 18.3. The van der Waals surface area contributed by atoms with Crippen LogP contribution in [-0.4, -0.2) is 88.6 Å². The molecule has 18 heteroatoms. The van der Waals surface area contributed by atoms with E-state index in [2.05, 4.69) is 21.8 Å². The molecule has 1 saturated carbocycles. The number of carbonyl (C=O) groups excluding carboxylic acids is 2. The number of hydrogen-bond donors (Lipinski definition) is 2. The number of benzene rings is 3. The third-order valence-corrected chi connectivity index (χ3v) is 10.4. The standard InChI is InChI=1S/C34H37F3N8O3.C6H6O3S/c1-22-30(29-16-17-40-44(29)27-14-8-23(21-38)9-15-27)43(33(48)42(22)28-7-5-6-25(20-28)34(35,36)37)32(47)41-26-12-10-24(11-13-26)31(46)39-18-19-45(2,3)4;7-10(8,9)6-4-2-1-3-5-6/h5-9,14-17,20,24,26H,10-13,18-19H2,1-4H3,(H-,39,41,46,47);1-5H,(H,7,8,9)/t24-,26-;. The van der Waals surface area contributed by atoms with E-state index in [1.165, 1.54) is 47.3 Å². The van der Waals surface area contributed by atoms with E-state index >= 15 is 0 Å². The van der Waals surface area contributed by atoms with Crippen LogP contribution in [0.3, 0.4) is 0 Å². The number of alkyl halides is 3. The van der Waals surface area contributed by atoms with Crippen molar-refractivity contribution in [2.75, 3.05) is 34.2 Å². The van der Waals surface area contributed by atoms with Gasteiger partial charge >= 0.3 is 17.9 Å².